The molecule has 0 radical (unpaired) electrons. The predicted molar refractivity (Wildman–Crippen MR) is 132 cm³/mol. The van der Waals surface area contributed by atoms with Gasteiger partial charge in [-0.25, -0.2) is 0 Å². The van der Waals surface area contributed by atoms with E-state index in [9.17, 15) is 8.42 Å². The van der Waals surface area contributed by atoms with Gasteiger partial charge >= 0.3 is 0 Å². The fourth-order valence-electron chi connectivity index (χ4n) is 4.77. The zero-order valence-electron chi connectivity index (χ0n) is 21.2. The fourth-order valence-corrected chi connectivity index (χ4v) is 5.06. The lowest BCUT2D eigenvalue weighted by Gasteiger charge is -2.38. The van der Waals surface area contributed by atoms with Gasteiger partial charge in [-0.2, -0.15) is 8.42 Å². The van der Waals surface area contributed by atoms with Crippen LogP contribution in [-0.4, -0.2) is 30.9 Å². The molecule has 2 unspecified atom stereocenters. The molecular weight excluding hydrogens is 424 g/mol. The maximum Gasteiger partial charge on any atom is 0.268 e. The van der Waals surface area contributed by atoms with E-state index in [1.165, 1.54) is 32.1 Å². The highest BCUT2D eigenvalue weighted by molar-refractivity contribution is 7.85. The fraction of sp³-hybridized carbons (Fsp3) is 0.769. The van der Waals surface area contributed by atoms with Gasteiger partial charge in [0, 0.05) is 5.56 Å². The quantitative estimate of drug-likeness (QED) is 0.350. The standard InChI is InChI=1S/C26H44O5S/c1-18(2)10-8-11-19(3)12-9-14-26(7)15-13-23-22(6)24(30-16-17-32(27,28)29)20(4)21(5)25(23)31-26/h18-19H,8-17H2,1-7H3,(H,27,28,29). The van der Waals surface area contributed by atoms with Crippen molar-refractivity contribution in [2.75, 3.05) is 12.4 Å². The van der Waals surface area contributed by atoms with Gasteiger partial charge in [0.15, 0.2) is 0 Å². The molecule has 5 nitrogen and oxygen atoms in total. The Morgan fingerprint density at radius 1 is 1.03 bits per heavy atom. The number of fused-ring (bicyclic) bond motifs is 1. The Morgan fingerprint density at radius 2 is 1.69 bits per heavy atom. The zero-order valence-corrected chi connectivity index (χ0v) is 22.0. The van der Waals surface area contributed by atoms with Crippen molar-refractivity contribution in [1.82, 2.24) is 0 Å². The summed E-state index contributed by atoms with van der Waals surface area (Å²) in [6.45, 7) is 15.2. The van der Waals surface area contributed by atoms with Gasteiger partial charge in [-0.15, -0.1) is 0 Å². The molecule has 0 aromatic heterocycles. The van der Waals surface area contributed by atoms with Crippen LogP contribution < -0.4 is 9.47 Å². The lowest BCUT2D eigenvalue weighted by atomic mass is 9.84. The zero-order chi connectivity index (χ0) is 24.1. The Hall–Kier alpha value is -1.27. The summed E-state index contributed by atoms with van der Waals surface area (Å²) in [7, 11) is -4.04. The molecule has 184 valence electrons. The average molecular weight is 469 g/mol. The van der Waals surface area contributed by atoms with Crippen molar-refractivity contribution in [3.05, 3.63) is 22.3 Å². The van der Waals surface area contributed by atoms with E-state index in [0.717, 1.165) is 59.1 Å². The molecule has 1 aromatic carbocycles. The van der Waals surface area contributed by atoms with Crippen LogP contribution >= 0.6 is 0 Å². The third-order valence-electron chi connectivity index (χ3n) is 7.03. The van der Waals surface area contributed by atoms with E-state index >= 15 is 0 Å². The SMILES string of the molecule is Cc1c(C)c2c(c(C)c1OCCS(=O)(=O)O)CCC(C)(CCCC(C)CCCC(C)C)O2. The maximum atomic E-state index is 11.0. The molecule has 1 N–H and O–H groups in total. The maximum absolute atomic E-state index is 11.0. The molecule has 0 saturated heterocycles. The van der Waals surface area contributed by atoms with E-state index < -0.39 is 15.9 Å². The van der Waals surface area contributed by atoms with E-state index in [0.29, 0.717) is 5.75 Å². The number of hydrogen-bond acceptors (Lipinski definition) is 4. The highest BCUT2D eigenvalue weighted by atomic mass is 32.2. The number of ether oxygens (including phenoxy) is 2. The smallest absolute Gasteiger partial charge is 0.268 e. The second-order valence-electron chi connectivity index (χ2n) is 10.5. The van der Waals surface area contributed by atoms with Gasteiger partial charge in [-0.1, -0.05) is 46.5 Å². The van der Waals surface area contributed by atoms with E-state index in [1.54, 1.807) is 0 Å². The summed E-state index contributed by atoms with van der Waals surface area (Å²) in [5.74, 6) is 2.84. The minimum Gasteiger partial charge on any atom is -0.492 e. The predicted octanol–water partition coefficient (Wildman–Crippen LogP) is 6.59. The van der Waals surface area contributed by atoms with Crippen LogP contribution in [0.2, 0.25) is 0 Å². The third-order valence-corrected chi connectivity index (χ3v) is 7.71. The van der Waals surface area contributed by atoms with Gasteiger partial charge in [0.2, 0.25) is 0 Å². The van der Waals surface area contributed by atoms with Crippen molar-refractivity contribution >= 4 is 10.1 Å². The highest BCUT2D eigenvalue weighted by Crippen LogP contribution is 2.45. The van der Waals surface area contributed by atoms with Gasteiger partial charge in [0.25, 0.3) is 10.1 Å². The first-order valence-electron chi connectivity index (χ1n) is 12.2. The summed E-state index contributed by atoms with van der Waals surface area (Å²) in [4.78, 5) is 0. The van der Waals surface area contributed by atoms with Crippen LogP contribution in [0.3, 0.4) is 0 Å². The molecule has 0 bridgehead atoms. The molecule has 0 saturated carbocycles. The van der Waals surface area contributed by atoms with Crippen LogP contribution in [0.4, 0.5) is 0 Å². The van der Waals surface area contributed by atoms with Crippen LogP contribution in [0.25, 0.3) is 0 Å². The second-order valence-corrected chi connectivity index (χ2v) is 12.1. The summed E-state index contributed by atoms with van der Waals surface area (Å²) >= 11 is 0. The van der Waals surface area contributed by atoms with Crippen LogP contribution in [0.5, 0.6) is 11.5 Å². The molecule has 0 fully saturated rings. The van der Waals surface area contributed by atoms with Crippen molar-refractivity contribution in [3.63, 3.8) is 0 Å². The first-order chi connectivity index (χ1) is 14.8. The van der Waals surface area contributed by atoms with Gasteiger partial charge in [0.1, 0.15) is 29.5 Å². The Balaban J connectivity index is 2.01. The number of benzene rings is 1. The Morgan fingerprint density at radius 3 is 2.31 bits per heavy atom. The van der Waals surface area contributed by atoms with Gasteiger partial charge < -0.3 is 9.47 Å². The van der Waals surface area contributed by atoms with E-state index in [2.05, 4.69) is 27.7 Å². The average Bonchev–Trinajstić information content (AvgIpc) is 2.67. The largest absolute Gasteiger partial charge is 0.492 e. The summed E-state index contributed by atoms with van der Waals surface area (Å²) in [6, 6.07) is 0. The molecule has 0 spiro atoms. The molecule has 1 heterocycles. The molecule has 1 aromatic rings. The minimum absolute atomic E-state index is 0.0628. The number of hydrogen-bond donors (Lipinski definition) is 1. The van der Waals surface area contributed by atoms with Crippen molar-refractivity contribution < 1.29 is 22.4 Å². The molecule has 6 heteroatoms. The molecule has 1 aliphatic heterocycles. The van der Waals surface area contributed by atoms with Gasteiger partial charge in [0.05, 0.1) is 0 Å². The Bertz CT molecular complexity index is 875. The normalized spacial score (nSPS) is 19.5. The molecular formula is C26H44O5S. The monoisotopic (exact) mass is 468 g/mol. The molecule has 32 heavy (non-hydrogen) atoms. The van der Waals surface area contributed by atoms with Gasteiger partial charge in [-0.05, 0) is 81.9 Å². The van der Waals surface area contributed by atoms with Crippen LogP contribution in [0, 0.1) is 32.6 Å². The van der Waals surface area contributed by atoms with Crippen molar-refractivity contribution in [2.45, 2.75) is 105 Å². The van der Waals surface area contributed by atoms with Crippen molar-refractivity contribution in [2.24, 2.45) is 11.8 Å². The minimum atomic E-state index is -4.04. The lowest BCUT2D eigenvalue weighted by Crippen LogP contribution is -2.37. The third kappa shape index (κ3) is 7.65. The van der Waals surface area contributed by atoms with E-state index in [1.807, 2.05) is 20.8 Å². The van der Waals surface area contributed by atoms with E-state index in [4.69, 9.17) is 14.0 Å². The lowest BCUT2D eigenvalue weighted by molar-refractivity contribution is 0.0511. The molecule has 2 rings (SSSR count). The van der Waals surface area contributed by atoms with Crippen molar-refractivity contribution in [3.8, 4) is 11.5 Å². The number of rotatable bonds is 12. The summed E-state index contributed by atoms with van der Waals surface area (Å²) in [6.07, 6.45) is 9.35. The van der Waals surface area contributed by atoms with E-state index in [-0.39, 0.29) is 12.2 Å². The summed E-state index contributed by atoms with van der Waals surface area (Å²) in [5.41, 5.74) is 4.05. The Labute approximate surface area is 196 Å². The van der Waals surface area contributed by atoms with Crippen molar-refractivity contribution in [1.29, 1.82) is 0 Å². The second kappa shape index (κ2) is 11.2. The summed E-state index contributed by atoms with van der Waals surface area (Å²) in [5, 5.41) is 0. The molecule has 0 aliphatic carbocycles. The first kappa shape index (κ1) is 27.0. The molecule has 0 amide bonds. The Kier molecular flexibility index (Phi) is 9.47. The van der Waals surface area contributed by atoms with Crippen LogP contribution in [0.1, 0.15) is 94.9 Å². The molecule has 1 aliphatic rings. The highest BCUT2D eigenvalue weighted by Gasteiger charge is 2.34. The first-order valence-corrected chi connectivity index (χ1v) is 13.8. The topological polar surface area (TPSA) is 72.8 Å². The van der Waals surface area contributed by atoms with Crippen LogP contribution in [-0.2, 0) is 16.5 Å². The van der Waals surface area contributed by atoms with Crippen LogP contribution in [0.15, 0.2) is 0 Å². The molecule has 2 atom stereocenters. The summed E-state index contributed by atoms with van der Waals surface area (Å²) < 4.78 is 43.4. The van der Waals surface area contributed by atoms with Gasteiger partial charge in [-0.3, -0.25) is 4.55 Å².